The monoisotopic (exact) mass is 306 g/mol. The number of ether oxygens (including phenoxy) is 1. The number of benzene rings is 2. The first-order valence-corrected chi connectivity index (χ1v) is 8.00. The summed E-state index contributed by atoms with van der Waals surface area (Å²) in [6.07, 6.45) is -0.0768. The quantitative estimate of drug-likeness (QED) is 0.678. The van der Waals surface area contributed by atoms with Crippen LogP contribution in [-0.2, 0) is 15.5 Å². The smallest absolute Gasteiger partial charge is 0.380 e. The Kier molecular flexibility index (Phi) is 4.78. The zero-order valence-electron chi connectivity index (χ0n) is 11.4. The molecule has 2 aromatic carbocycles. The molecule has 1 N–H and O–H groups in total. The Bertz CT molecular complexity index is 652. The van der Waals surface area contributed by atoms with Crippen molar-refractivity contribution in [3.63, 3.8) is 0 Å². The van der Waals surface area contributed by atoms with Gasteiger partial charge in [-0.25, -0.2) is 9.36 Å². The standard InChI is InChI=1S/C15H15O5P/c1-19-15(16)13-7-9-14(10-8-13)20-21(17,18)11-12-5-3-2-4-6-12/h2-10H,11H2,1H3,(H,17,18). The molecule has 0 spiro atoms. The first-order chi connectivity index (χ1) is 10.00. The van der Waals surface area contributed by atoms with E-state index >= 15 is 0 Å². The summed E-state index contributed by atoms with van der Waals surface area (Å²) in [5, 5.41) is 0. The van der Waals surface area contributed by atoms with Crippen LogP contribution in [0.1, 0.15) is 15.9 Å². The number of carbonyl (C=O) groups excluding carboxylic acids is 1. The van der Waals surface area contributed by atoms with Crippen LogP contribution in [-0.4, -0.2) is 18.0 Å². The minimum Gasteiger partial charge on any atom is -0.465 e. The van der Waals surface area contributed by atoms with Crippen LogP contribution in [0.25, 0.3) is 0 Å². The molecule has 0 bridgehead atoms. The van der Waals surface area contributed by atoms with Gasteiger partial charge in [0.05, 0.1) is 18.8 Å². The van der Waals surface area contributed by atoms with E-state index in [9.17, 15) is 14.3 Å². The van der Waals surface area contributed by atoms with E-state index in [0.29, 0.717) is 5.56 Å². The lowest BCUT2D eigenvalue weighted by molar-refractivity contribution is 0.0600. The number of hydrogen-bond donors (Lipinski definition) is 1. The van der Waals surface area contributed by atoms with Gasteiger partial charge in [-0.05, 0) is 29.8 Å². The van der Waals surface area contributed by atoms with Crippen LogP contribution in [0.3, 0.4) is 0 Å². The van der Waals surface area contributed by atoms with E-state index in [1.165, 1.54) is 31.4 Å². The van der Waals surface area contributed by atoms with Crippen molar-refractivity contribution in [2.45, 2.75) is 6.16 Å². The van der Waals surface area contributed by atoms with E-state index in [1.807, 2.05) is 6.07 Å². The van der Waals surface area contributed by atoms with Crippen LogP contribution in [0.2, 0.25) is 0 Å². The highest BCUT2D eigenvalue weighted by Gasteiger charge is 2.21. The minimum atomic E-state index is -3.80. The molecule has 0 aliphatic rings. The number of rotatable bonds is 5. The molecule has 0 radical (unpaired) electrons. The fraction of sp³-hybridized carbons (Fsp3) is 0.133. The third kappa shape index (κ3) is 4.45. The highest BCUT2D eigenvalue weighted by molar-refractivity contribution is 7.52. The predicted octanol–water partition coefficient (Wildman–Crippen LogP) is 3.24. The molecular weight excluding hydrogens is 291 g/mol. The fourth-order valence-electron chi connectivity index (χ4n) is 1.78. The summed E-state index contributed by atoms with van der Waals surface area (Å²) in [5.41, 5.74) is 1.06. The lowest BCUT2D eigenvalue weighted by Gasteiger charge is -2.13. The Hall–Kier alpha value is -2.10. The molecule has 0 saturated heterocycles. The molecule has 0 saturated carbocycles. The molecule has 5 nitrogen and oxygen atoms in total. The van der Waals surface area contributed by atoms with Crippen LogP contribution in [0.5, 0.6) is 5.75 Å². The number of esters is 1. The second-order valence-corrected chi connectivity index (χ2v) is 6.16. The molecule has 0 aliphatic heterocycles. The average Bonchev–Trinajstić information content (AvgIpc) is 2.47. The Morgan fingerprint density at radius 2 is 1.71 bits per heavy atom. The van der Waals surface area contributed by atoms with E-state index in [4.69, 9.17) is 4.52 Å². The van der Waals surface area contributed by atoms with Crippen molar-refractivity contribution in [2.75, 3.05) is 7.11 Å². The third-order valence-corrected chi connectivity index (χ3v) is 4.01. The van der Waals surface area contributed by atoms with E-state index in [2.05, 4.69) is 4.74 Å². The summed E-state index contributed by atoms with van der Waals surface area (Å²) in [6, 6.07) is 14.8. The Morgan fingerprint density at radius 3 is 2.29 bits per heavy atom. The lowest BCUT2D eigenvalue weighted by atomic mass is 10.2. The molecule has 0 aliphatic carbocycles. The fourth-order valence-corrected chi connectivity index (χ4v) is 2.97. The van der Waals surface area contributed by atoms with Gasteiger partial charge < -0.3 is 14.2 Å². The van der Waals surface area contributed by atoms with Crippen molar-refractivity contribution in [1.82, 2.24) is 0 Å². The lowest BCUT2D eigenvalue weighted by Crippen LogP contribution is -2.01. The van der Waals surface area contributed by atoms with E-state index < -0.39 is 13.6 Å². The molecule has 0 fully saturated rings. The van der Waals surface area contributed by atoms with Gasteiger partial charge in [0.15, 0.2) is 0 Å². The van der Waals surface area contributed by atoms with Gasteiger partial charge >= 0.3 is 13.6 Å². The molecule has 21 heavy (non-hydrogen) atoms. The van der Waals surface area contributed by atoms with Crippen LogP contribution < -0.4 is 4.52 Å². The summed E-state index contributed by atoms with van der Waals surface area (Å²) < 4.78 is 21.8. The molecule has 6 heteroatoms. The van der Waals surface area contributed by atoms with Gasteiger partial charge in [-0.2, -0.15) is 0 Å². The molecule has 1 atom stereocenters. The molecular formula is C15H15O5P. The van der Waals surface area contributed by atoms with Crippen molar-refractivity contribution < 1.29 is 23.5 Å². The topological polar surface area (TPSA) is 72.8 Å². The van der Waals surface area contributed by atoms with Crippen LogP contribution >= 0.6 is 7.60 Å². The maximum absolute atomic E-state index is 12.1. The average molecular weight is 306 g/mol. The summed E-state index contributed by atoms with van der Waals surface area (Å²) in [6.45, 7) is 0. The predicted molar refractivity (Wildman–Crippen MR) is 78.4 cm³/mol. The first-order valence-electron chi connectivity index (χ1n) is 6.24. The third-order valence-electron chi connectivity index (χ3n) is 2.75. The van der Waals surface area contributed by atoms with Gasteiger partial charge in [-0.3, -0.25) is 0 Å². The Balaban J connectivity index is 2.06. The summed E-state index contributed by atoms with van der Waals surface area (Å²) in [4.78, 5) is 21.2. The second-order valence-electron chi connectivity index (χ2n) is 4.39. The zero-order chi connectivity index (χ0) is 15.3. The molecule has 1 unspecified atom stereocenters. The van der Waals surface area contributed by atoms with E-state index in [1.54, 1.807) is 24.3 Å². The SMILES string of the molecule is COC(=O)c1ccc(OP(=O)(O)Cc2ccccc2)cc1. The molecule has 2 aromatic rings. The maximum atomic E-state index is 12.1. The summed E-state index contributed by atoms with van der Waals surface area (Å²) in [7, 11) is -2.51. The number of methoxy groups -OCH3 is 1. The molecule has 0 aromatic heterocycles. The van der Waals surface area contributed by atoms with Gasteiger partial charge in [0, 0.05) is 0 Å². The highest BCUT2D eigenvalue weighted by Crippen LogP contribution is 2.45. The van der Waals surface area contributed by atoms with Crippen LogP contribution in [0, 0.1) is 0 Å². The molecule has 2 rings (SSSR count). The largest absolute Gasteiger partial charge is 0.465 e. The number of hydrogen-bond acceptors (Lipinski definition) is 4. The Morgan fingerprint density at radius 1 is 1.10 bits per heavy atom. The molecule has 0 amide bonds. The van der Waals surface area contributed by atoms with Crippen molar-refractivity contribution in [3.8, 4) is 5.75 Å². The van der Waals surface area contributed by atoms with E-state index in [0.717, 1.165) is 5.56 Å². The van der Waals surface area contributed by atoms with Gasteiger partial charge in [0.2, 0.25) is 0 Å². The summed E-state index contributed by atoms with van der Waals surface area (Å²) in [5.74, 6) is -0.248. The van der Waals surface area contributed by atoms with Crippen molar-refractivity contribution in [2.24, 2.45) is 0 Å². The molecule has 0 heterocycles. The van der Waals surface area contributed by atoms with Gasteiger partial charge in [0.1, 0.15) is 5.75 Å². The van der Waals surface area contributed by atoms with Gasteiger partial charge in [0.25, 0.3) is 0 Å². The molecule has 110 valence electrons. The van der Waals surface area contributed by atoms with Crippen molar-refractivity contribution >= 4 is 13.6 Å². The van der Waals surface area contributed by atoms with Crippen molar-refractivity contribution in [1.29, 1.82) is 0 Å². The normalized spacial score (nSPS) is 13.2. The highest BCUT2D eigenvalue weighted by atomic mass is 31.2. The first kappa shape index (κ1) is 15.3. The number of carbonyl (C=O) groups is 1. The second kappa shape index (κ2) is 6.57. The van der Waals surface area contributed by atoms with Crippen molar-refractivity contribution in [3.05, 3.63) is 65.7 Å². The van der Waals surface area contributed by atoms with Crippen LogP contribution in [0.4, 0.5) is 0 Å². The summed E-state index contributed by atoms with van der Waals surface area (Å²) >= 11 is 0. The minimum absolute atomic E-state index is 0.0768. The maximum Gasteiger partial charge on any atom is 0.380 e. The van der Waals surface area contributed by atoms with Gasteiger partial charge in [-0.1, -0.05) is 30.3 Å². The van der Waals surface area contributed by atoms with E-state index in [-0.39, 0.29) is 11.9 Å². The van der Waals surface area contributed by atoms with Crippen LogP contribution in [0.15, 0.2) is 54.6 Å². The zero-order valence-corrected chi connectivity index (χ0v) is 12.3. The van der Waals surface area contributed by atoms with Gasteiger partial charge in [-0.15, -0.1) is 0 Å². The Labute approximate surface area is 122 Å².